The number of aliphatic imine (C=N–C) groups is 1. The van der Waals surface area contributed by atoms with Gasteiger partial charge in [0.15, 0.2) is 5.96 Å². The van der Waals surface area contributed by atoms with E-state index in [9.17, 15) is 0 Å². The number of hydrogen-bond donors (Lipinski definition) is 2. The van der Waals surface area contributed by atoms with Crippen LogP contribution in [0, 0.1) is 13.8 Å². The zero-order valence-corrected chi connectivity index (χ0v) is 19.1. The van der Waals surface area contributed by atoms with Gasteiger partial charge in [-0.05, 0) is 44.4 Å². The van der Waals surface area contributed by atoms with Crippen molar-refractivity contribution in [1.82, 2.24) is 15.6 Å². The van der Waals surface area contributed by atoms with Gasteiger partial charge in [-0.25, -0.2) is 4.98 Å². The van der Waals surface area contributed by atoms with E-state index in [2.05, 4.69) is 46.6 Å². The predicted octanol–water partition coefficient (Wildman–Crippen LogP) is 3.73. The van der Waals surface area contributed by atoms with Crippen molar-refractivity contribution in [2.75, 3.05) is 27.2 Å². The first-order chi connectivity index (χ1) is 12.1. The summed E-state index contributed by atoms with van der Waals surface area (Å²) in [4.78, 5) is 10.1. The van der Waals surface area contributed by atoms with Crippen LogP contribution in [0.1, 0.15) is 27.6 Å². The number of nitrogens with one attached hydrogen (secondary N) is 2. The highest BCUT2D eigenvalue weighted by atomic mass is 127. The lowest BCUT2D eigenvalue weighted by molar-refractivity contribution is 0.414. The Balaban J connectivity index is 0.00000338. The van der Waals surface area contributed by atoms with Gasteiger partial charge in [-0.1, -0.05) is 12.1 Å². The van der Waals surface area contributed by atoms with E-state index in [1.54, 1.807) is 25.5 Å². The zero-order chi connectivity index (χ0) is 18.1. The largest absolute Gasteiger partial charge is 0.497 e. The number of thiazole rings is 1. The van der Waals surface area contributed by atoms with Crippen molar-refractivity contribution in [3.05, 3.63) is 45.4 Å². The number of halogens is 1. The second kappa shape index (κ2) is 12.1. The highest BCUT2D eigenvalue weighted by Gasteiger charge is 2.04. The molecule has 144 valence electrons. The molecule has 2 N–H and O–H groups in total. The monoisotopic (exact) mass is 488 g/mol. The summed E-state index contributed by atoms with van der Waals surface area (Å²) >= 11 is 1.77. The standard InChI is InChI=1S/C19H28N4OS.HI/c1-14-15(2)25-18(23-14)10-12-22-19(20-3)21-11-6-8-16-7-5-9-17(13-16)24-4;/h5,7,9,13H,6,8,10-12H2,1-4H3,(H2,20,21,22);1H. The van der Waals surface area contributed by atoms with E-state index in [4.69, 9.17) is 4.74 Å². The molecule has 2 rings (SSSR count). The van der Waals surface area contributed by atoms with Gasteiger partial charge in [-0.2, -0.15) is 0 Å². The van der Waals surface area contributed by atoms with Gasteiger partial charge in [0.1, 0.15) is 5.75 Å². The van der Waals surface area contributed by atoms with Crippen LogP contribution in [0.4, 0.5) is 0 Å². The van der Waals surface area contributed by atoms with E-state index in [0.29, 0.717) is 0 Å². The minimum absolute atomic E-state index is 0. The first-order valence-corrected chi connectivity index (χ1v) is 9.44. The molecule has 1 aromatic carbocycles. The first-order valence-electron chi connectivity index (χ1n) is 8.62. The Hall–Kier alpha value is -1.35. The van der Waals surface area contributed by atoms with Crippen molar-refractivity contribution in [3.8, 4) is 5.75 Å². The molecule has 0 fully saturated rings. The van der Waals surface area contributed by atoms with Crippen LogP contribution in [0.15, 0.2) is 29.3 Å². The van der Waals surface area contributed by atoms with Gasteiger partial charge >= 0.3 is 0 Å². The summed E-state index contributed by atoms with van der Waals surface area (Å²) in [5.74, 6) is 1.76. The number of methoxy groups -OCH3 is 1. The number of aryl methyl sites for hydroxylation is 3. The fourth-order valence-electron chi connectivity index (χ4n) is 2.48. The molecule has 0 unspecified atom stereocenters. The molecule has 0 amide bonds. The van der Waals surface area contributed by atoms with Gasteiger partial charge in [-0.15, -0.1) is 35.3 Å². The third-order valence-electron chi connectivity index (χ3n) is 4.00. The lowest BCUT2D eigenvalue weighted by Crippen LogP contribution is -2.38. The third-order valence-corrected chi connectivity index (χ3v) is 5.13. The lowest BCUT2D eigenvalue weighted by Gasteiger charge is -2.11. The van der Waals surface area contributed by atoms with E-state index in [-0.39, 0.29) is 24.0 Å². The Bertz CT molecular complexity index is 683. The smallest absolute Gasteiger partial charge is 0.190 e. The maximum Gasteiger partial charge on any atom is 0.190 e. The van der Waals surface area contributed by atoms with Crippen molar-refractivity contribution in [3.63, 3.8) is 0 Å². The fourth-order valence-corrected chi connectivity index (χ4v) is 3.42. The van der Waals surface area contributed by atoms with Crippen LogP contribution in [0.2, 0.25) is 0 Å². The van der Waals surface area contributed by atoms with E-state index in [0.717, 1.165) is 49.8 Å². The first kappa shape index (κ1) is 22.7. The number of hydrogen-bond acceptors (Lipinski definition) is 4. The van der Waals surface area contributed by atoms with Gasteiger partial charge in [0.25, 0.3) is 0 Å². The number of guanidine groups is 1. The molecule has 0 aliphatic carbocycles. The second-order valence-electron chi connectivity index (χ2n) is 5.88. The van der Waals surface area contributed by atoms with Crippen molar-refractivity contribution in [1.29, 1.82) is 0 Å². The molecule has 0 radical (unpaired) electrons. The quantitative estimate of drug-likeness (QED) is 0.257. The molecule has 2 aromatic rings. The van der Waals surface area contributed by atoms with Crippen molar-refractivity contribution < 1.29 is 4.74 Å². The van der Waals surface area contributed by atoms with Crippen molar-refractivity contribution >= 4 is 41.3 Å². The minimum atomic E-state index is 0. The normalized spacial score (nSPS) is 11.0. The molecule has 0 aliphatic heterocycles. The molecule has 26 heavy (non-hydrogen) atoms. The average Bonchev–Trinajstić information content (AvgIpc) is 2.95. The number of benzene rings is 1. The van der Waals surface area contributed by atoms with Gasteiger partial charge in [0.2, 0.25) is 0 Å². The average molecular weight is 488 g/mol. The molecule has 5 nitrogen and oxygen atoms in total. The molecule has 0 aliphatic rings. The van der Waals surface area contributed by atoms with Crippen molar-refractivity contribution in [2.24, 2.45) is 4.99 Å². The Morgan fingerprint density at radius 1 is 1.19 bits per heavy atom. The highest BCUT2D eigenvalue weighted by Crippen LogP contribution is 2.16. The summed E-state index contributed by atoms with van der Waals surface area (Å²) in [5, 5.41) is 7.89. The molecule has 0 saturated heterocycles. The minimum Gasteiger partial charge on any atom is -0.497 e. The summed E-state index contributed by atoms with van der Waals surface area (Å²) in [5.41, 5.74) is 2.43. The summed E-state index contributed by atoms with van der Waals surface area (Å²) in [6.45, 7) is 5.90. The maximum atomic E-state index is 5.26. The Morgan fingerprint density at radius 3 is 2.62 bits per heavy atom. The van der Waals surface area contributed by atoms with E-state index < -0.39 is 0 Å². The van der Waals surface area contributed by atoms with Gasteiger partial charge in [-0.3, -0.25) is 4.99 Å². The third kappa shape index (κ3) is 7.49. The molecule has 7 heteroatoms. The lowest BCUT2D eigenvalue weighted by atomic mass is 10.1. The van der Waals surface area contributed by atoms with Crippen LogP contribution in [0.25, 0.3) is 0 Å². The molecular weight excluding hydrogens is 459 g/mol. The maximum absolute atomic E-state index is 5.26. The second-order valence-corrected chi connectivity index (χ2v) is 7.17. The highest BCUT2D eigenvalue weighted by molar-refractivity contribution is 14.0. The van der Waals surface area contributed by atoms with Crippen LogP contribution >= 0.6 is 35.3 Å². The Kier molecular flexibility index (Phi) is 10.6. The molecule has 0 spiro atoms. The molecule has 1 heterocycles. The van der Waals surface area contributed by atoms with E-state index in [1.807, 2.05) is 12.1 Å². The number of ether oxygens (including phenoxy) is 1. The Labute approximate surface area is 177 Å². The van der Waals surface area contributed by atoms with E-state index in [1.165, 1.54) is 15.4 Å². The number of rotatable bonds is 8. The number of nitrogens with zero attached hydrogens (tertiary/aromatic N) is 2. The number of aromatic nitrogens is 1. The Morgan fingerprint density at radius 2 is 1.96 bits per heavy atom. The molecule has 1 aromatic heterocycles. The van der Waals surface area contributed by atoms with Gasteiger partial charge in [0.05, 0.1) is 17.8 Å². The van der Waals surface area contributed by atoms with Gasteiger partial charge < -0.3 is 15.4 Å². The summed E-state index contributed by atoms with van der Waals surface area (Å²) < 4.78 is 5.26. The topological polar surface area (TPSA) is 58.5 Å². The van der Waals surface area contributed by atoms with Crippen LogP contribution in [0.5, 0.6) is 5.75 Å². The zero-order valence-electron chi connectivity index (χ0n) is 16.0. The fraction of sp³-hybridized carbons (Fsp3) is 0.474. The molecular formula is C19H29IN4OS. The van der Waals surface area contributed by atoms with Gasteiger partial charge in [0, 0.05) is 31.4 Å². The van der Waals surface area contributed by atoms with E-state index >= 15 is 0 Å². The van der Waals surface area contributed by atoms with Crippen molar-refractivity contribution in [2.45, 2.75) is 33.1 Å². The molecule has 0 atom stereocenters. The van der Waals surface area contributed by atoms with Crippen LogP contribution in [-0.2, 0) is 12.8 Å². The molecule has 0 bridgehead atoms. The summed E-state index contributed by atoms with van der Waals surface area (Å²) in [6.07, 6.45) is 2.97. The van der Waals surface area contributed by atoms with Crippen LogP contribution in [-0.4, -0.2) is 38.2 Å². The van der Waals surface area contributed by atoms with Crippen LogP contribution in [0.3, 0.4) is 0 Å². The summed E-state index contributed by atoms with van der Waals surface area (Å²) in [7, 11) is 3.50. The summed E-state index contributed by atoms with van der Waals surface area (Å²) in [6, 6.07) is 8.22. The molecule has 0 saturated carbocycles. The SMILES string of the molecule is CN=C(NCCCc1cccc(OC)c1)NCCc1nc(C)c(C)s1.I. The van der Waals surface area contributed by atoms with Crippen LogP contribution < -0.4 is 15.4 Å². The predicted molar refractivity (Wildman–Crippen MR) is 121 cm³/mol.